The minimum atomic E-state index is -0.224. The Labute approximate surface area is 195 Å². The van der Waals surface area contributed by atoms with Crippen LogP contribution in [0, 0.1) is 0 Å². The SMILES string of the molecule is CC(c1ccc(-c2cccc3c(C(=O)NCC(=O)NC4CC4)cccc23)cc1)N1CCCC1. The first-order valence-corrected chi connectivity index (χ1v) is 12.0. The normalized spacial score (nSPS) is 17.1. The van der Waals surface area contributed by atoms with Crippen molar-refractivity contribution in [1.29, 1.82) is 0 Å². The summed E-state index contributed by atoms with van der Waals surface area (Å²) in [5, 5.41) is 7.60. The zero-order valence-electron chi connectivity index (χ0n) is 19.1. The molecule has 5 rings (SSSR count). The summed E-state index contributed by atoms with van der Waals surface area (Å²) in [6, 6.07) is 21.4. The highest BCUT2D eigenvalue weighted by atomic mass is 16.2. The Bertz CT molecular complexity index is 1160. The Kier molecular flexibility index (Phi) is 6.14. The molecule has 1 atom stereocenters. The quantitative estimate of drug-likeness (QED) is 0.560. The van der Waals surface area contributed by atoms with Crippen LogP contribution in [0.2, 0.25) is 0 Å². The molecule has 0 aromatic heterocycles. The van der Waals surface area contributed by atoms with Gasteiger partial charge in [-0.3, -0.25) is 14.5 Å². The maximum absolute atomic E-state index is 12.9. The van der Waals surface area contributed by atoms with E-state index in [1.165, 1.54) is 31.5 Å². The highest BCUT2D eigenvalue weighted by molar-refractivity contribution is 6.11. The van der Waals surface area contributed by atoms with Crippen LogP contribution < -0.4 is 10.6 Å². The number of carbonyl (C=O) groups is 2. The molecule has 5 nitrogen and oxygen atoms in total. The van der Waals surface area contributed by atoms with Crippen molar-refractivity contribution < 1.29 is 9.59 Å². The van der Waals surface area contributed by atoms with Gasteiger partial charge in [-0.1, -0.05) is 54.6 Å². The number of rotatable bonds is 7. The lowest BCUT2D eigenvalue weighted by molar-refractivity contribution is -0.120. The van der Waals surface area contributed by atoms with E-state index in [4.69, 9.17) is 0 Å². The van der Waals surface area contributed by atoms with Gasteiger partial charge in [-0.15, -0.1) is 0 Å². The monoisotopic (exact) mass is 441 g/mol. The Morgan fingerprint density at radius 1 is 0.939 bits per heavy atom. The number of hydrogen-bond acceptors (Lipinski definition) is 3. The van der Waals surface area contributed by atoms with Crippen molar-refractivity contribution in [1.82, 2.24) is 15.5 Å². The third-order valence-electron chi connectivity index (χ3n) is 6.91. The molecule has 5 heteroatoms. The van der Waals surface area contributed by atoms with Crippen LogP contribution in [-0.2, 0) is 4.79 Å². The fourth-order valence-corrected chi connectivity index (χ4v) is 4.80. The van der Waals surface area contributed by atoms with Gasteiger partial charge in [-0.25, -0.2) is 0 Å². The van der Waals surface area contributed by atoms with Gasteiger partial charge in [0.15, 0.2) is 0 Å². The van der Waals surface area contributed by atoms with Crippen LogP contribution >= 0.6 is 0 Å². The molecule has 0 bridgehead atoms. The van der Waals surface area contributed by atoms with Crippen molar-refractivity contribution >= 4 is 22.6 Å². The standard InChI is InChI=1S/C28H31N3O2/c1-19(31-16-2-3-17-31)20-10-12-21(13-11-20)23-6-4-8-25-24(23)7-5-9-26(25)28(33)29-18-27(32)30-22-14-15-22/h4-13,19,22H,2-3,14-18H2,1H3,(H,29,33)(H,30,32). The van der Waals surface area contributed by atoms with Gasteiger partial charge in [0.05, 0.1) is 6.54 Å². The highest BCUT2D eigenvalue weighted by Crippen LogP contribution is 2.32. The molecule has 2 N–H and O–H groups in total. The van der Waals surface area contributed by atoms with Crippen LogP contribution in [0.4, 0.5) is 0 Å². The summed E-state index contributed by atoms with van der Waals surface area (Å²) < 4.78 is 0. The molecule has 33 heavy (non-hydrogen) atoms. The average molecular weight is 442 g/mol. The number of benzene rings is 3. The zero-order valence-corrected chi connectivity index (χ0v) is 19.1. The molecule has 2 aliphatic rings. The minimum absolute atomic E-state index is 0.00206. The Hall–Kier alpha value is -3.18. The van der Waals surface area contributed by atoms with Crippen LogP contribution in [0.5, 0.6) is 0 Å². The molecule has 1 saturated heterocycles. The van der Waals surface area contributed by atoms with E-state index in [9.17, 15) is 9.59 Å². The molecule has 1 saturated carbocycles. The molecular weight excluding hydrogens is 410 g/mol. The number of hydrogen-bond donors (Lipinski definition) is 2. The van der Waals surface area contributed by atoms with E-state index in [1.54, 1.807) is 0 Å². The van der Waals surface area contributed by atoms with E-state index in [1.807, 2.05) is 24.3 Å². The third kappa shape index (κ3) is 4.79. The van der Waals surface area contributed by atoms with E-state index >= 15 is 0 Å². The van der Waals surface area contributed by atoms with Gasteiger partial charge in [-0.2, -0.15) is 0 Å². The highest BCUT2D eigenvalue weighted by Gasteiger charge is 2.23. The smallest absolute Gasteiger partial charge is 0.252 e. The van der Waals surface area contributed by atoms with E-state index in [0.717, 1.165) is 34.7 Å². The van der Waals surface area contributed by atoms with Crippen molar-refractivity contribution in [2.45, 2.75) is 44.7 Å². The van der Waals surface area contributed by atoms with Crippen LogP contribution in [0.25, 0.3) is 21.9 Å². The molecule has 0 radical (unpaired) electrons. The first kappa shape index (κ1) is 21.7. The number of carbonyl (C=O) groups excluding carboxylic acids is 2. The lowest BCUT2D eigenvalue weighted by Gasteiger charge is -2.24. The van der Waals surface area contributed by atoms with E-state index in [2.05, 4.69) is 58.9 Å². The molecule has 1 unspecified atom stereocenters. The molecule has 1 aliphatic carbocycles. The molecule has 3 aromatic rings. The van der Waals surface area contributed by atoms with E-state index < -0.39 is 0 Å². The summed E-state index contributed by atoms with van der Waals surface area (Å²) in [6.07, 6.45) is 4.65. The summed E-state index contributed by atoms with van der Waals surface area (Å²) >= 11 is 0. The van der Waals surface area contributed by atoms with E-state index in [-0.39, 0.29) is 18.4 Å². The average Bonchev–Trinajstić information content (AvgIpc) is 3.49. The molecule has 1 heterocycles. The molecule has 1 aliphatic heterocycles. The maximum Gasteiger partial charge on any atom is 0.252 e. The van der Waals surface area contributed by atoms with Gasteiger partial charge in [0, 0.05) is 17.6 Å². The summed E-state index contributed by atoms with van der Waals surface area (Å²) in [5.41, 5.74) is 4.17. The Balaban J connectivity index is 1.37. The van der Waals surface area contributed by atoms with Gasteiger partial charge >= 0.3 is 0 Å². The van der Waals surface area contributed by atoms with Gasteiger partial charge < -0.3 is 10.6 Å². The van der Waals surface area contributed by atoms with Gasteiger partial charge in [-0.05, 0) is 79.2 Å². The summed E-state index contributed by atoms with van der Waals surface area (Å²) in [4.78, 5) is 27.4. The second kappa shape index (κ2) is 9.36. The van der Waals surface area contributed by atoms with Gasteiger partial charge in [0.1, 0.15) is 0 Å². The molecular formula is C28H31N3O2. The molecule has 3 aromatic carbocycles. The molecule has 2 fully saturated rings. The summed E-state index contributed by atoms with van der Waals surface area (Å²) in [7, 11) is 0. The van der Waals surface area contributed by atoms with Gasteiger partial charge in [0.2, 0.25) is 5.91 Å². The lowest BCUT2D eigenvalue weighted by Crippen LogP contribution is -2.37. The topological polar surface area (TPSA) is 61.4 Å². The number of amides is 2. The van der Waals surface area contributed by atoms with Crippen molar-refractivity contribution in [3.8, 4) is 11.1 Å². The van der Waals surface area contributed by atoms with Gasteiger partial charge in [0.25, 0.3) is 5.91 Å². The first-order valence-electron chi connectivity index (χ1n) is 12.0. The second-order valence-electron chi connectivity index (χ2n) is 9.27. The lowest BCUT2D eigenvalue weighted by atomic mass is 9.94. The van der Waals surface area contributed by atoms with Crippen LogP contribution in [0.3, 0.4) is 0 Å². The molecule has 2 amide bonds. The van der Waals surface area contributed by atoms with Crippen LogP contribution in [-0.4, -0.2) is 42.4 Å². The fraction of sp³-hybridized carbons (Fsp3) is 0.357. The number of likely N-dealkylation sites (tertiary alicyclic amines) is 1. The molecule has 0 spiro atoms. The number of nitrogens with zero attached hydrogens (tertiary/aromatic N) is 1. The largest absolute Gasteiger partial charge is 0.352 e. The second-order valence-corrected chi connectivity index (χ2v) is 9.27. The first-order chi connectivity index (χ1) is 16.1. The fourth-order valence-electron chi connectivity index (χ4n) is 4.80. The van der Waals surface area contributed by atoms with E-state index in [0.29, 0.717) is 17.6 Å². The Morgan fingerprint density at radius 3 is 2.36 bits per heavy atom. The van der Waals surface area contributed by atoms with Crippen molar-refractivity contribution in [2.75, 3.05) is 19.6 Å². The van der Waals surface area contributed by atoms with Crippen molar-refractivity contribution in [3.63, 3.8) is 0 Å². The predicted molar refractivity (Wildman–Crippen MR) is 132 cm³/mol. The summed E-state index contributed by atoms with van der Waals surface area (Å²) in [6.45, 7) is 4.65. The number of fused-ring (bicyclic) bond motifs is 1. The maximum atomic E-state index is 12.9. The molecule has 170 valence electrons. The van der Waals surface area contributed by atoms with Crippen LogP contribution in [0.15, 0.2) is 60.7 Å². The minimum Gasteiger partial charge on any atom is -0.352 e. The van der Waals surface area contributed by atoms with Crippen molar-refractivity contribution in [3.05, 3.63) is 71.8 Å². The number of nitrogens with one attached hydrogen (secondary N) is 2. The third-order valence-corrected chi connectivity index (χ3v) is 6.91. The van der Waals surface area contributed by atoms with Crippen molar-refractivity contribution in [2.24, 2.45) is 0 Å². The van der Waals surface area contributed by atoms with Crippen LogP contribution in [0.1, 0.15) is 54.6 Å². The zero-order chi connectivity index (χ0) is 22.8. The predicted octanol–water partition coefficient (Wildman–Crippen LogP) is 4.67. The summed E-state index contributed by atoms with van der Waals surface area (Å²) in [5.74, 6) is -0.353. The Morgan fingerprint density at radius 2 is 1.64 bits per heavy atom.